The lowest BCUT2D eigenvalue weighted by Gasteiger charge is -2.25. The summed E-state index contributed by atoms with van der Waals surface area (Å²) in [7, 11) is 1.53. The van der Waals surface area contributed by atoms with E-state index in [-0.39, 0.29) is 18.3 Å². The van der Waals surface area contributed by atoms with Crippen LogP contribution in [0.1, 0.15) is 39.5 Å². The Morgan fingerprint density at radius 2 is 2.28 bits per heavy atom. The second kappa shape index (κ2) is 6.23. The van der Waals surface area contributed by atoms with E-state index in [0.29, 0.717) is 22.8 Å². The first-order valence-electron chi connectivity index (χ1n) is 8.38. The molecule has 1 unspecified atom stereocenters. The molecule has 7 heteroatoms. The standard InChI is InChI=1S/C18H19N3O4/c1-24-14-6-4-5-11-16(22)13(10-25-17(11)14)20-18(23)12-9-21-8-3-2-7-15(21)19-12/h4-6,9,13H,2-3,7-8,10H2,1H3,(H,20,23). The second-order valence-corrected chi connectivity index (χ2v) is 6.23. The number of nitrogens with zero attached hydrogens (tertiary/aromatic N) is 2. The maximum Gasteiger partial charge on any atom is 0.272 e. The molecule has 1 aromatic carbocycles. The number of carbonyl (C=O) groups is 2. The highest BCUT2D eigenvalue weighted by Crippen LogP contribution is 2.34. The number of rotatable bonds is 3. The van der Waals surface area contributed by atoms with Gasteiger partial charge in [-0.15, -0.1) is 0 Å². The van der Waals surface area contributed by atoms with E-state index in [1.54, 1.807) is 24.4 Å². The lowest BCUT2D eigenvalue weighted by Crippen LogP contribution is -2.47. The third-order valence-corrected chi connectivity index (χ3v) is 4.62. The summed E-state index contributed by atoms with van der Waals surface area (Å²) in [5.74, 6) is 1.33. The van der Waals surface area contributed by atoms with Crippen molar-refractivity contribution in [2.75, 3.05) is 13.7 Å². The first-order chi connectivity index (χ1) is 12.2. The van der Waals surface area contributed by atoms with Crippen molar-refractivity contribution in [3.8, 4) is 11.5 Å². The van der Waals surface area contributed by atoms with Crippen LogP contribution in [0.5, 0.6) is 11.5 Å². The minimum atomic E-state index is -0.731. The number of benzene rings is 1. The molecule has 1 amide bonds. The number of para-hydroxylation sites is 1. The molecular weight excluding hydrogens is 322 g/mol. The van der Waals surface area contributed by atoms with Gasteiger partial charge in [-0.25, -0.2) is 4.98 Å². The number of ketones is 1. The second-order valence-electron chi connectivity index (χ2n) is 6.23. The Kier molecular flexibility index (Phi) is 3.91. The third kappa shape index (κ3) is 2.75. The number of aryl methyl sites for hydroxylation is 2. The zero-order valence-electron chi connectivity index (χ0n) is 13.9. The summed E-state index contributed by atoms with van der Waals surface area (Å²) >= 11 is 0. The normalized spacial score (nSPS) is 18.8. The molecule has 25 heavy (non-hydrogen) atoms. The Morgan fingerprint density at radius 1 is 1.40 bits per heavy atom. The van der Waals surface area contributed by atoms with Crippen molar-refractivity contribution < 1.29 is 19.1 Å². The van der Waals surface area contributed by atoms with Gasteiger partial charge in [-0.05, 0) is 25.0 Å². The largest absolute Gasteiger partial charge is 0.493 e. The van der Waals surface area contributed by atoms with Crippen molar-refractivity contribution in [2.45, 2.75) is 31.8 Å². The van der Waals surface area contributed by atoms with E-state index in [2.05, 4.69) is 10.3 Å². The highest BCUT2D eigenvalue weighted by Gasteiger charge is 2.32. The Balaban J connectivity index is 1.52. The van der Waals surface area contributed by atoms with E-state index in [9.17, 15) is 9.59 Å². The fourth-order valence-electron chi connectivity index (χ4n) is 3.31. The van der Waals surface area contributed by atoms with E-state index in [4.69, 9.17) is 9.47 Å². The van der Waals surface area contributed by atoms with Crippen LogP contribution in [-0.2, 0) is 13.0 Å². The van der Waals surface area contributed by atoms with Gasteiger partial charge in [0.05, 0.1) is 12.7 Å². The van der Waals surface area contributed by atoms with E-state index >= 15 is 0 Å². The Bertz CT molecular complexity index is 819. The average Bonchev–Trinajstić information content (AvgIpc) is 3.08. The third-order valence-electron chi connectivity index (χ3n) is 4.62. The first kappa shape index (κ1) is 15.7. The molecule has 4 rings (SSSR count). The molecule has 0 saturated carbocycles. The van der Waals surface area contributed by atoms with E-state index in [1.807, 2.05) is 4.57 Å². The van der Waals surface area contributed by atoms with Gasteiger partial charge in [0.1, 0.15) is 24.2 Å². The van der Waals surface area contributed by atoms with Crippen molar-refractivity contribution in [2.24, 2.45) is 0 Å². The molecule has 2 aliphatic heterocycles. The number of amides is 1. The zero-order chi connectivity index (χ0) is 17.4. The SMILES string of the molecule is COc1cccc2c1OCC(NC(=O)c1cn3c(n1)CCCC3)C2=O. The van der Waals surface area contributed by atoms with Gasteiger partial charge in [0.25, 0.3) is 5.91 Å². The zero-order valence-corrected chi connectivity index (χ0v) is 13.9. The van der Waals surface area contributed by atoms with Gasteiger partial charge in [0.15, 0.2) is 17.3 Å². The summed E-state index contributed by atoms with van der Waals surface area (Å²) in [6, 6.07) is 4.41. The lowest BCUT2D eigenvalue weighted by molar-refractivity contribution is 0.0790. The Morgan fingerprint density at radius 3 is 3.08 bits per heavy atom. The molecule has 0 saturated heterocycles. The van der Waals surface area contributed by atoms with Gasteiger partial charge < -0.3 is 19.4 Å². The highest BCUT2D eigenvalue weighted by molar-refractivity contribution is 6.06. The van der Waals surface area contributed by atoms with Crippen LogP contribution in [0.15, 0.2) is 24.4 Å². The predicted molar refractivity (Wildman–Crippen MR) is 89.2 cm³/mol. The summed E-state index contributed by atoms with van der Waals surface area (Å²) in [5, 5.41) is 2.74. The monoisotopic (exact) mass is 341 g/mol. The topological polar surface area (TPSA) is 82.4 Å². The van der Waals surface area contributed by atoms with Gasteiger partial charge in [0, 0.05) is 19.2 Å². The van der Waals surface area contributed by atoms with Gasteiger partial charge >= 0.3 is 0 Å². The number of ether oxygens (including phenoxy) is 2. The maximum atomic E-state index is 12.7. The minimum Gasteiger partial charge on any atom is -0.493 e. The minimum absolute atomic E-state index is 0.0749. The van der Waals surface area contributed by atoms with Gasteiger partial charge in [-0.3, -0.25) is 9.59 Å². The van der Waals surface area contributed by atoms with Crippen molar-refractivity contribution in [3.05, 3.63) is 41.5 Å². The average molecular weight is 341 g/mol. The number of imidazole rings is 1. The Labute approximate surface area is 145 Å². The van der Waals surface area contributed by atoms with Crippen LogP contribution in [0.3, 0.4) is 0 Å². The van der Waals surface area contributed by atoms with Crippen molar-refractivity contribution in [1.29, 1.82) is 0 Å². The van der Waals surface area contributed by atoms with E-state index in [0.717, 1.165) is 31.6 Å². The fourth-order valence-corrected chi connectivity index (χ4v) is 3.31. The number of nitrogens with one attached hydrogen (secondary N) is 1. The van der Waals surface area contributed by atoms with Crippen LogP contribution in [-0.4, -0.2) is 41.0 Å². The van der Waals surface area contributed by atoms with Crippen LogP contribution in [0.25, 0.3) is 0 Å². The number of aromatic nitrogens is 2. The number of hydrogen-bond donors (Lipinski definition) is 1. The van der Waals surface area contributed by atoms with Crippen molar-refractivity contribution >= 4 is 11.7 Å². The number of methoxy groups -OCH3 is 1. The molecular formula is C18H19N3O4. The molecule has 130 valence electrons. The van der Waals surface area contributed by atoms with Crippen LogP contribution >= 0.6 is 0 Å². The van der Waals surface area contributed by atoms with Gasteiger partial charge in [-0.1, -0.05) is 6.07 Å². The predicted octanol–water partition coefficient (Wildman–Crippen LogP) is 1.60. The van der Waals surface area contributed by atoms with Crippen LogP contribution < -0.4 is 14.8 Å². The smallest absolute Gasteiger partial charge is 0.272 e. The molecule has 0 radical (unpaired) electrons. The summed E-state index contributed by atoms with van der Waals surface area (Å²) in [6.45, 7) is 0.958. The molecule has 3 heterocycles. The summed E-state index contributed by atoms with van der Waals surface area (Å²) < 4.78 is 12.9. The summed E-state index contributed by atoms with van der Waals surface area (Å²) in [5.41, 5.74) is 0.765. The summed E-state index contributed by atoms with van der Waals surface area (Å²) in [4.78, 5) is 29.6. The fraction of sp³-hybridized carbons (Fsp3) is 0.389. The van der Waals surface area contributed by atoms with Crippen molar-refractivity contribution in [3.63, 3.8) is 0 Å². The molecule has 0 fully saturated rings. The van der Waals surface area contributed by atoms with Crippen LogP contribution in [0.2, 0.25) is 0 Å². The molecule has 7 nitrogen and oxygen atoms in total. The number of fused-ring (bicyclic) bond motifs is 2. The molecule has 0 aliphatic carbocycles. The molecule has 2 aromatic rings. The molecule has 1 N–H and O–H groups in total. The molecule has 0 bridgehead atoms. The quantitative estimate of drug-likeness (QED) is 0.917. The molecule has 0 spiro atoms. The van der Waals surface area contributed by atoms with Crippen LogP contribution in [0, 0.1) is 0 Å². The number of Topliss-reactive ketones (excluding diaryl/α,β-unsaturated/α-hetero) is 1. The van der Waals surface area contributed by atoms with E-state index in [1.165, 1.54) is 7.11 Å². The van der Waals surface area contributed by atoms with Gasteiger partial charge in [-0.2, -0.15) is 0 Å². The number of hydrogen-bond acceptors (Lipinski definition) is 5. The molecule has 1 aromatic heterocycles. The van der Waals surface area contributed by atoms with E-state index < -0.39 is 6.04 Å². The summed E-state index contributed by atoms with van der Waals surface area (Å²) in [6.07, 6.45) is 4.82. The highest BCUT2D eigenvalue weighted by atomic mass is 16.5. The van der Waals surface area contributed by atoms with Crippen molar-refractivity contribution in [1.82, 2.24) is 14.9 Å². The number of carbonyl (C=O) groups excluding carboxylic acids is 2. The van der Waals surface area contributed by atoms with Crippen LogP contribution in [0.4, 0.5) is 0 Å². The molecule has 1 atom stereocenters. The maximum absolute atomic E-state index is 12.7. The van der Waals surface area contributed by atoms with Gasteiger partial charge in [0.2, 0.25) is 0 Å². The molecule has 2 aliphatic rings. The first-order valence-corrected chi connectivity index (χ1v) is 8.38. The Hall–Kier alpha value is -2.83. The lowest BCUT2D eigenvalue weighted by atomic mass is 10.0.